The van der Waals surface area contributed by atoms with E-state index in [9.17, 15) is 14.9 Å². The average molecular weight is 527 g/mol. The highest BCUT2D eigenvalue weighted by atomic mass is 79.9. The summed E-state index contributed by atoms with van der Waals surface area (Å²) < 4.78 is 22.4. The molecule has 0 amide bonds. The molecule has 0 bridgehead atoms. The summed E-state index contributed by atoms with van der Waals surface area (Å²) in [4.78, 5) is 25.4. The van der Waals surface area contributed by atoms with Gasteiger partial charge in [-0.05, 0) is 66.5 Å². The first-order valence-electron chi connectivity index (χ1n) is 10.5. The quantitative estimate of drug-likeness (QED) is 0.406. The Bertz CT molecular complexity index is 1210. The molecule has 2 N–H and O–H groups in total. The maximum atomic E-state index is 12.8. The fraction of sp³-hybridized carbons (Fsp3) is 0.240. The van der Waals surface area contributed by atoms with Gasteiger partial charge in [-0.25, -0.2) is 9.59 Å². The van der Waals surface area contributed by atoms with Crippen LogP contribution in [0.5, 0.6) is 11.5 Å². The van der Waals surface area contributed by atoms with Crippen molar-refractivity contribution in [2.45, 2.75) is 26.7 Å². The van der Waals surface area contributed by atoms with Gasteiger partial charge < -0.3 is 24.7 Å². The fourth-order valence-corrected chi connectivity index (χ4v) is 4.07. The second-order valence-electron chi connectivity index (χ2n) is 7.13. The lowest BCUT2D eigenvalue weighted by Gasteiger charge is -2.27. The van der Waals surface area contributed by atoms with E-state index in [1.165, 1.54) is 0 Å². The summed E-state index contributed by atoms with van der Waals surface area (Å²) in [5, 5.41) is 9.80. The van der Waals surface area contributed by atoms with Crippen LogP contribution in [-0.4, -0.2) is 25.2 Å². The Kier molecular flexibility index (Phi) is 7.97. The number of ether oxygens (including phenoxy) is 4. The second-order valence-corrected chi connectivity index (χ2v) is 7.99. The minimum Gasteiger partial charge on any atom is -0.490 e. The number of hydrogen-bond acceptors (Lipinski definition) is 8. The minimum absolute atomic E-state index is 0.0528. The molecule has 1 heterocycles. The van der Waals surface area contributed by atoms with Gasteiger partial charge in [0.1, 0.15) is 17.4 Å². The Morgan fingerprint density at radius 3 is 2.47 bits per heavy atom. The van der Waals surface area contributed by atoms with Crippen LogP contribution in [-0.2, 0) is 14.3 Å². The molecule has 0 saturated heterocycles. The van der Waals surface area contributed by atoms with E-state index in [1.54, 1.807) is 63.2 Å². The monoisotopic (exact) mass is 526 g/mol. The highest BCUT2D eigenvalue weighted by molar-refractivity contribution is 9.10. The highest BCUT2D eigenvalue weighted by Crippen LogP contribution is 2.45. The number of esters is 2. The van der Waals surface area contributed by atoms with Crippen molar-refractivity contribution in [3.63, 3.8) is 0 Å². The van der Waals surface area contributed by atoms with E-state index < -0.39 is 17.9 Å². The SMILES string of the molecule is CCOC(=O)C1=C(C)OC(N)=C(C#N)C1c1cc(Br)c(OC(=O)c2ccccc2)c(OCC)c1. The summed E-state index contributed by atoms with van der Waals surface area (Å²) >= 11 is 3.44. The first-order chi connectivity index (χ1) is 16.3. The predicted octanol–water partition coefficient (Wildman–Crippen LogP) is 4.71. The standard InChI is InChI=1S/C25H23BrN2O6/c1-4-31-19-12-16(11-18(26)22(19)34-24(29)15-9-7-6-8-10-15)21-17(13-27)23(28)33-14(3)20(21)25(30)32-5-2/h6-12,21H,4-5,28H2,1-3H3. The molecule has 1 aliphatic heterocycles. The van der Waals surface area contributed by atoms with E-state index in [2.05, 4.69) is 15.9 Å². The van der Waals surface area contributed by atoms with Crippen molar-refractivity contribution in [1.82, 2.24) is 0 Å². The normalized spacial score (nSPS) is 15.3. The summed E-state index contributed by atoms with van der Waals surface area (Å²) in [5.74, 6) is -1.52. The number of carbonyl (C=O) groups excluding carboxylic acids is 2. The molecule has 0 aromatic heterocycles. The van der Waals surface area contributed by atoms with Crippen LogP contribution in [0.25, 0.3) is 0 Å². The molecule has 9 heteroatoms. The maximum Gasteiger partial charge on any atom is 0.343 e. The Hall–Kier alpha value is -3.77. The number of nitriles is 1. The molecule has 1 unspecified atom stereocenters. The number of allylic oxidation sites excluding steroid dienone is 2. The molecule has 0 fully saturated rings. The van der Waals surface area contributed by atoms with Crippen LogP contribution in [0, 0.1) is 11.3 Å². The Balaban J connectivity index is 2.12. The molecule has 34 heavy (non-hydrogen) atoms. The lowest BCUT2D eigenvalue weighted by molar-refractivity contribution is -0.139. The molecule has 2 aromatic rings. The molecule has 176 valence electrons. The summed E-state index contributed by atoms with van der Waals surface area (Å²) in [6.45, 7) is 5.47. The van der Waals surface area contributed by atoms with E-state index >= 15 is 0 Å². The molecule has 0 aliphatic carbocycles. The lowest BCUT2D eigenvalue weighted by Crippen LogP contribution is -2.25. The Labute approximate surface area is 205 Å². The summed E-state index contributed by atoms with van der Waals surface area (Å²) in [7, 11) is 0. The maximum absolute atomic E-state index is 12.8. The van der Waals surface area contributed by atoms with E-state index in [0.29, 0.717) is 15.6 Å². The number of halogens is 1. The first kappa shape index (κ1) is 24.9. The third-order valence-corrected chi connectivity index (χ3v) is 5.56. The van der Waals surface area contributed by atoms with Gasteiger partial charge in [0.15, 0.2) is 11.5 Å². The molecule has 3 rings (SSSR count). The van der Waals surface area contributed by atoms with E-state index in [0.717, 1.165) is 0 Å². The summed E-state index contributed by atoms with van der Waals surface area (Å²) in [5.41, 5.74) is 7.05. The highest BCUT2D eigenvalue weighted by Gasteiger charge is 2.37. The van der Waals surface area contributed by atoms with Gasteiger partial charge in [-0.2, -0.15) is 5.26 Å². The van der Waals surface area contributed by atoms with Gasteiger partial charge in [-0.3, -0.25) is 0 Å². The molecular formula is C25H23BrN2O6. The van der Waals surface area contributed by atoms with Gasteiger partial charge in [0.2, 0.25) is 5.88 Å². The Morgan fingerprint density at radius 1 is 1.15 bits per heavy atom. The molecule has 0 spiro atoms. The van der Waals surface area contributed by atoms with Crippen LogP contribution in [0.15, 0.2) is 69.7 Å². The molecule has 8 nitrogen and oxygen atoms in total. The minimum atomic E-state index is -0.868. The van der Waals surface area contributed by atoms with Crippen LogP contribution >= 0.6 is 15.9 Å². The van der Waals surface area contributed by atoms with Gasteiger partial charge in [0, 0.05) is 0 Å². The summed E-state index contributed by atoms with van der Waals surface area (Å²) in [6.07, 6.45) is 0. The van der Waals surface area contributed by atoms with Gasteiger partial charge in [0.05, 0.1) is 34.7 Å². The van der Waals surface area contributed by atoms with Gasteiger partial charge >= 0.3 is 11.9 Å². The van der Waals surface area contributed by atoms with E-state index in [4.69, 9.17) is 24.7 Å². The van der Waals surface area contributed by atoms with Crippen molar-refractivity contribution in [2.75, 3.05) is 13.2 Å². The van der Waals surface area contributed by atoms with Crippen molar-refractivity contribution in [2.24, 2.45) is 5.73 Å². The average Bonchev–Trinajstić information content (AvgIpc) is 2.81. The van der Waals surface area contributed by atoms with Gasteiger partial charge in [-0.1, -0.05) is 18.2 Å². The van der Waals surface area contributed by atoms with Crippen LogP contribution in [0.3, 0.4) is 0 Å². The molecular weight excluding hydrogens is 504 g/mol. The van der Waals surface area contributed by atoms with Crippen LogP contribution in [0.2, 0.25) is 0 Å². The number of carbonyl (C=O) groups is 2. The molecule has 2 aromatic carbocycles. The summed E-state index contributed by atoms with van der Waals surface area (Å²) in [6, 6.07) is 13.8. The predicted molar refractivity (Wildman–Crippen MR) is 127 cm³/mol. The second kappa shape index (κ2) is 10.9. The first-order valence-corrected chi connectivity index (χ1v) is 11.3. The number of rotatable bonds is 7. The third-order valence-electron chi connectivity index (χ3n) is 4.97. The van der Waals surface area contributed by atoms with Crippen molar-refractivity contribution >= 4 is 27.9 Å². The molecule has 0 saturated carbocycles. The zero-order valence-electron chi connectivity index (χ0n) is 18.9. The number of benzene rings is 2. The number of nitrogens with two attached hydrogens (primary N) is 1. The molecule has 0 radical (unpaired) electrons. The molecule has 1 atom stereocenters. The topological polar surface area (TPSA) is 121 Å². The zero-order chi connectivity index (χ0) is 24.8. The van der Waals surface area contributed by atoms with E-state index in [-0.39, 0.29) is 47.5 Å². The number of hydrogen-bond donors (Lipinski definition) is 1. The zero-order valence-corrected chi connectivity index (χ0v) is 20.5. The van der Waals surface area contributed by atoms with Crippen molar-refractivity contribution in [3.05, 3.63) is 80.9 Å². The largest absolute Gasteiger partial charge is 0.490 e. The van der Waals surface area contributed by atoms with E-state index in [1.807, 2.05) is 6.07 Å². The van der Waals surface area contributed by atoms with Crippen molar-refractivity contribution < 1.29 is 28.5 Å². The van der Waals surface area contributed by atoms with Crippen LogP contribution < -0.4 is 15.2 Å². The van der Waals surface area contributed by atoms with Crippen molar-refractivity contribution in [1.29, 1.82) is 5.26 Å². The number of nitrogens with zero attached hydrogens (tertiary/aromatic N) is 1. The third kappa shape index (κ3) is 5.07. The van der Waals surface area contributed by atoms with Gasteiger partial charge in [0.25, 0.3) is 0 Å². The fourth-order valence-electron chi connectivity index (χ4n) is 3.53. The van der Waals surface area contributed by atoms with Gasteiger partial charge in [-0.15, -0.1) is 0 Å². The lowest BCUT2D eigenvalue weighted by atomic mass is 9.83. The smallest absolute Gasteiger partial charge is 0.343 e. The molecule has 1 aliphatic rings. The van der Waals surface area contributed by atoms with Crippen molar-refractivity contribution in [3.8, 4) is 17.6 Å². The Morgan fingerprint density at radius 2 is 1.85 bits per heavy atom. The van der Waals surface area contributed by atoms with Crippen LogP contribution in [0.1, 0.15) is 42.6 Å². The van der Waals surface area contributed by atoms with Crippen LogP contribution in [0.4, 0.5) is 0 Å².